The fraction of sp³-hybridized carbons (Fsp3) is 0.0370. The van der Waals surface area contributed by atoms with Crippen LogP contribution in [0.1, 0.15) is 12.5 Å². The lowest BCUT2D eigenvalue weighted by molar-refractivity contribution is 0.647. The van der Waals surface area contributed by atoms with Crippen molar-refractivity contribution in [2.45, 2.75) is 12.5 Å². The molecule has 0 saturated heterocycles. The molecule has 4 heteroatoms. The fourth-order valence-corrected chi connectivity index (χ4v) is 9.67. The monoisotopic (exact) mass is 742 g/mol. The van der Waals surface area contributed by atoms with Gasteiger partial charge < -0.3 is 18.6 Å². The zero-order valence-corrected chi connectivity index (χ0v) is 31.8. The topological polar surface area (TPSA) is 18.0 Å². The smallest absolute Gasteiger partial charge is 0.0641 e. The quantitative estimate of drug-likeness (QED) is 0.166. The second-order valence-corrected chi connectivity index (χ2v) is 15.3. The van der Waals surface area contributed by atoms with Crippen LogP contribution < -0.4 is 4.90 Å². The molecule has 3 aromatic heterocycles. The molecule has 0 aliphatic heterocycles. The number of rotatable bonds is 6. The number of anilines is 3. The Morgan fingerprint density at radius 3 is 1.48 bits per heavy atom. The molecule has 0 radical (unpaired) electrons. The van der Waals surface area contributed by atoms with Crippen molar-refractivity contribution in [2.75, 3.05) is 4.90 Å². The summed E-state index contributed by atoms with van der Waals surface area (Å²) in [7, 11) is 0. The van der Waals surface area contributed by atoms with E-state index in [9.17, 15) is 0 Å². The summed E-state index contributed by atoms with van der Waals surface area (Å²) in [4.78, 5) is 2.32. The maximum atomic E-state index is 2.57. The van der Waals surface area contributed by atoms with Crippen LogP contribution in [0.3, 0.4) is 0 Å². The first kappa shape index (κ1) is 32.7. The molecule has 0 spiro atoms. The van der Waals surface area contributed by atoms with E-state index < -0.39 is 0 Å². The Bertz CT molecular complexity index is 3320. The van der Waals surface area contributed by atoms with Gasteiger partial charge in [0.1, 0.15) is 0 Å². The number of nitrogens with zero attached hydrogens (tertiary/aromatic N) is 4. The van der Waals surface area contributed by atoms with Crippen molar-refractivity contribution < 1.29 is 0 Å². The van der Waals surface area contributed by atoms with Gasteiger partial charge in [0.2, 0.25) is 0 Å². The van der Waals surface area contributed by atoms with Gasteiger partial charge in [-0.05, 0) is 91.4 Å². The van der Waals surface area contributed by atoms with E-state index in [1.807, 2.05) is 0 Å². The molecule has 1 unspecified atom stereocenters. The van der Waals surface area contributed by atoms with E-state index in [1.54, 1.807) is 0 Å². The molecule has 4 nitrogen and oxygen atoms in total. The molecule has 3 heterocycles. The standard InChI is InChI=1S/C54H38N4/c1-3-15-37(16-4-1)55(38-17-5-2-6-18-38)39-27-33-42(34-28-39)58-50-25-13-9-21-45(50)46-35-36-52-53(54(46)58)47-22-10-14-26-51(47)57(52)41-31-29-40(30-32-41)56-48-23-11-7-19-43(48)44-20-8-12-24-49(44)56/h1-31,33-36,41H,32H2. The Labute approximate surface area is 336 Å². The average molecular weight is 743 g/mol. The van der Waals surface area contributed by atoms with E-state index in [4.69, 9.17) is 0 Å². The molecule has 11 aromatic rings. The SMILES string of the molecule is C1=CC(n2c3ccccc3c3c4c(ccc32)c2ccccc2n4-c2ccc(N(c3ccccc3)c3ccccc3)cc2)CC=C1n1c2ccccc2c2ccccc21. The summed E-state index contributed by atoms with van der Waals surface area (Å²) >= 11 is 0. The Morgan fingerprint density at radius 2 is 0.897 bits per heavy atom. The summed E-state index contributed by atoms with van der Waals surface area (Å²) in [5.74, 6) is 0. The predicted octanol–water partition coefficient (Wildman–Crippen LogP) is 14.5. The van der Waals surface area contributed by atoms with E-state index >= 15 is 0 Å². The molecule has 0 amide bonds. The van der Waals surface area contributed by atoms with Gasteiger partial charge in [-0.1, -0.05) is 127 Å². The molecule has 8 aromatic carbocycles. The highest BCUT2D eigenvalue weighted by Crippen LogP contribution is 2.44. The normalized spacial score (nSPS) is 14.3. The molecular formula is C54H38N4. The van der Waals surface area contributed by atoms with Gasteiger partial charge in [0.25, 0.3) is 0 Å². The molecule has 0 bridgehead atoms. The van der Waals surface area contributed by atoms with E-state index in [2.05, 4.69) is 231 Å². The molecule has 12 rings (SSSR count). The number of para-hydroxylation sites is 6. The largest absolute Gasteiger partial charge is 0.333 e. The summed E-state index contributed by atoms with van der Waals surface area (Å²) < 4.78 is 7.48. The number of hydrogen-bond acceptors (Lipinski definition) is 1. The molecule has 0 N–H and O–H groups in total. The average Bonchev–Trinajstić information content (AvgIpc) is 3.94. The third kappa shape index (κ3) is 4.88. The highest BCUT2D eigenvalue weighted by molar-refractivity contribution is 6.26. The van der Waals surface area contributed by atoms with Crippen LogP contribution in [0.25, 0.3) is 76.8 Å². The summed E-state index contributed by atoms with van der Waals surface area (Å²) in [6.45, 7) is 0. The summed E-state index contributed by atoms with van der Waals surface area (Å²) in [5.41, 5.74) is 13.1. The van der Waals surface area contributed by atoms with Gasteiger partial charge in [-0.15, -0.1) is 0 Å². The minimum absolute atomic E-state index is 0.163. The molecule has 0 saturated carbocycles. The third-order valence-electron chi connectivity index (χ3n) is 12.1. The van der Waals surface area contributed by atoms with Crippen LogP contribution in [0.2, 0.25) is 0 Å². The van der Waals surface area contributed by atoms with Gasteiger partial charge in [-0.3, -0.25) is 0 Å². The summed E-state index contributed by atoms with van der Waals surface area (Å²) in [5, 5.41) is 7.65. The van der Waals surface area contributed by atoms with Gasteiger partial charge in [-0.2, -0.15) is 0 Å². The van der Waals surface area contributed by atoms with Gasteiger partial charge >= 0.3 is 0 Å². The van der Waals surface area contributed by atoms with E-state index in [-0.39, 0.29) is 6.04 Å². The first-order valence-corrected chi connectivity index (χ1v) is 20.1. The van der Waals surface area contributed by atoms with E-state index in [0.717, 1.165) is 29.2 Å². The lowest BCUT2D eigenvalue weighted by Gasteiger charge is -2.25. The third-order valence-corrected chi connectivity index (χ3v) is 12.1. The molecule has 1 aliphatic rings. The summed E-state index contributed by atoms with van der Waals surface area (Å²) in [6, 6.07) is 70.5. The van der Waals surface area contributed by atoms with Gasteiger partial charge in [0.15, 0.2) is 0 Å². The lowest BCUT2D eigenvalue weighted by atomic mass is 10.1. The first-order valence-electron chi connectivity index (χ1n) is 20.1. The van der Waals surface area contributed by atoms with Crippen LogP contribution in [0, 0.1) is 0 Å². The number of fused-ring (bicyclic) bond motifs is 10. The Kier molecular flexibility index (Phi) is 7.32. The maximum absolute atomic E-state index is 2.57. The molecular weight excluding hydrogens is 705 g/mol. The van der Waals surface area contributed by atoms with Gasteiger partial charge in [0, 0.05) is 66.3 Å². The van der Waals surface area contributed by atoms with Crippen LogP contribution in [0.15, 0.2) is 212 Å². The van der Waals surface area contributed by atoms with Crippen LogP contribution in [-0.4, -0.2) is 13.7 Å². The van der Waals surface area contributed by atoms with Crippen LogP contribution in [0.4, 0.5) is 17.1 Å². The van der Waals surface area contributed by atoms with Crippen molar-refractivity contribution in [3.05, 3.63) is 212 Å². The molecule has 274 valence electrons. The van der Waals surface area contributed by atoms with Crippen molar-refractivity contribution in [2.24, 2.45) is 0 Å². The van der Waals surface area contributed by atoms with Crippen LogP contribution >= 0.6 is 0 Å². The fourth-order valence-electron chi connectivity index (χ4n) is 9.67. The van der Waals surface area contributed by atoms with Crippen LogP contribution in [-0.2, 0) is 0 Å². The highest BCUT2D eigenvalue weighted by atomic mass is 15.1. The second kappa shape index (κ2) is 13.0. The van der Waals surface area contributed by atoms with Crippen molar-refractivity contribution in [1.82, 2.24) is 13.7 Å². The first-order chi connectivity index (χ1) is 28.8. The van der Waals surface area contributed by atoms with Crippen LogP contribution in [0.5, 0.6) is 0 Å². The zero-order chi connectivity index (χ0) is 38.2. The number of allylic oxidation sites excluding steroid dienone is 4. The number of benzene rings is 8. The number of hydrogen-bond donors (Lipinski definition) is 0. The molecule has 1 aliphatic carbocycles. The van der Waals surface area contributed by atoms with Crippen molar-refractivity contribution in [3.63, 3.8) is 0 Å². The van der Waals surface area contributed by atoms with E-state index in [1.165, 1.54) is 71.1 Å². The Morgan fingerprint density at radius 1 is 0.397 bits per heavy atom. The van der Waals surface area contributed by atoms with E-state index in [0.29, 0.717) is 0 Å². The Balaban J connectivity index is 1.02. The van der Waals surface area contributed by atoms with Gasteiger partial charge in [0.05, 0.1) is 33.6 Å². The van der Waals surface area contributed by atoms with Crippen molar-refractivity contribution in [1.29, 1.82) is 0 Å². The van der Waals surface area contributed by atoms with Crippen molar-refractivity contribution in [3.8, 4) is 5.69 Å². The van der Waals surface area contributed by atoms with Crippen molar-refractivity contribution >= 4 is 88.2 Å². The second-order valence-electron chi connectivity index (χ2n) is 15.3. The zero-order valence-electron chi connectivity index (χ0n) is 31.8. The minimum Gasteiger partial charge on any atom is -0.333 e. The highest BCUT2D eigenvalue weighted by Gasteiger charge is 2.24. The molecule has 58 heavy (non-hydrogen) atoms. The number of aromatic nitrogens is 3. The summed E-state index contributed by atoms with van der Waals surface area (Å²) in [6.07, 6.45) is 8.06. The maximum Gasteiger partial charge on any atom is 0.0641 e. The molecule has 1 atom stereocenters. The minimum atomic E-state index is 0.163. The predicted molar refractivity (Wildman–Crippen MR) is 245 cm³/mol. The lowest BCUT2D eigenvalue weighted by Crippen LogP contribution is -2.10. The van der Waals surface area contributed by atoms with Gasteiger partial charge in [-0.25, -0.2) is 0 Å². The Hall–Kier alpha value is -7.56. The molecule has 0 fully saturated rings.